The van der Waals surface area contributed by atoms with Gasteiger partial charge in [-0.1, -0.05) is 31.4 Å². The lowest BCUT2D eigenvalue weighted by atomic mass is 10.2. The Hall–Kier alpha value is -2.09. The quantitative estimate of drug-likeness (QED) is 0.570. The Morgan fingerprint density at radius 3 is 2.56 bits per heavy atom. The third-order valence-corrected chi connectivity index (χ3v) is 1.94. The molecule has 1 aromatic carbocycles. The molecule has 16 heavy (non-hydrogen) atoms. The highest BCUT2D eigenvalue weighted by Gasteiger charge is 1.94. The van der Waals surface area contributed by atoms with E-state index in [1.165, 1.54) is 6.21 Å². The van der Waals surface area contributed by atoms with E-state index in [4.69, 9.17) is 10.1 Å². The molecule has 0 fully saturated rings. The Labute approximate surface area is 96.1 Å². The van der Waals surface area contributed by atoms with E-state index in [-0.39, 0.29) is 0 Å². The minimum atomic E-state index is 0.453. The predicted molar refractivity (Wildman–Crippen MR) is 68.3 cm³/mol. The molecule has 0 radical (unpaired) electrons. The van der Waals surface area contributed by atoms with Gasteiger partial charge in [0, 0.05) is 6.21 Å². The Morgan fingerprint density at radius 1 is 1.31 bits per heavy atom. The molecule has 0 spiro atoms. The van der Waals surface area contributed by atoms with E-state index in [9.17, 15) is 0 Å². The molecule has 1 rings (SSSR count). The van der Waals surface area contributed by atoms with Crippen LogP contribution in [0.25, 0.3) is 0 Å². The number of ether oxygens (including phenoxy) is 1. The van der Waals surface area contributed by atoms with E-state index in [0.29, 0.717) is 6.61 Å². The van der Waals surface area contributed by atoms with Gasteiger partial charge in [0.2, 0.25) is 0 Å². The van der Waals surface area contributed by atoms with Crippen LogP contribution in [-0.4, -0.2) is 12.8 Å². The van der Waals surface area contributed by atoms with Gasteiger partial charge in [-0.05, 0) is 35.4 Å². The zero-order valence-electron chi connectivity index (χ0n) is 9.15. The van der Waals surface area contributed by atoms with E-state index in [1.807, 2.05) is 36.4 Å². The number of rotatable bonds is 6. The smallest absolute Gasteiger partial charge is 0.119 e. The molecule has 2 nitrogen and oxygen atoms in total. The lowest BCUT2D eigenvalue weighted by Gasteiger charge is -2.05. The SMILES string of the molecule is C=C/C=C\C(=C)COc1ccc(C=N)cc1. The van der Waals surface area contributed by atoms with Crippen molar-refractivity contribution in [1.82, 2.24) is 0 Å². The molecule has 0 atom stereocenters. The summed E-state index contributed by atoms with van der Waals surface area (Å²) in [5.74, 6) is 0.777. The summed E-state index contributed by atoms with van der Waals surface area (Å²) in [5, 5.41) is 7.06. The van der Waals surface area contributed by atoms with Gasteiger partial charge < -0.3 is 10.1 Å². The molecule has 1 N–H and O–H groups in total. The van der Waals surface area contributed by atoms with E-state index >= 15 is 0 Å². The van der Waals surface area contributed by atoms with Crippen LogP contribution >= 0.6 is 0 Å². The molecule has 0 aliphatic rings. The van der Waals surface area contributed by atoms with Gasteiger partial charge in [0.15, 0.2) is 0 Å². The standard InChI is InChI=1S/C14H15NO/c1-3-4-5-12(2)11-16-14-8-6-13(10-15)7-9-14/h3-10,15H,1-2,11H2/b5-4-,15-10?. The first-order valence-electron chi connectivity index (χ1n) is 4.96. The van der Waals surface area contributed by atoms with Crippen molar-refractivity contribution >= 4 is 6.21 Å². The maximum Gasteiger partial charge on any atom is 0.119 e. The number of nitrogens with one attached hydrogen (secondary N) is 1. The zero-order valence-corrected chi connectivity index (χ0v) is 9.15. The average Bonchev–Trinajstić information content (AvgIpc) is 2.34. The second-order valence-electron chi connectivity index (χ2n) is 3.26. The lowest BCUT2D eigenvalue weighted by Crippen LogP contribution is -1.98. The van der Waals surface area contributed by atoms with Crippen molar-refractivity contribution in [2.75, 3.05) is 6.61 Å². The fraction of sp³-hybridized carbons (Fsp3) is 0.0714. The Morgan fingerprint density at radius 2 is 2.00 bits per heavy atom. The predicted octanol–water partition coefficient (Wildman–Crippen LogP) is 3.36. The summed E-state index contributed by atoms with van der Waals surface area (Å²) in [5.41, 5.74) is 1.74. The van der Waals surface area contributed by atoms with Crippen molar-refractivity contribution in [2.45, 2.75) is 0 Å². The van der Waals surface area contributed by atoms with Gasteiger partial charge in [0.05, 0.1) is 0 Å². The summed E-state index contributed by atoms with van der Waals surface area (Å²) in [6.45, 7) is 7.88. The Balaban J connectivity index is 2.48. The maximum absolute atomic E-state index is 7.06. The molecule has 0 aliphatic carbocycles. The topological polar surface area (TPSA) is 33.1 Å². The van der Waals surface area contributed by atoms with Crippen LogP contribution in [0, 0.1) is 5.41 Å². The van der Waals surface area contributed by atoms with E-state index in [2.05, 4.69) is 13.2 Å². The Bertz CT molecular complexity index is 401. The van der Waals surface area contributed by atoms with Crippen molar-refractivity contribution in [1.29, 1.82) is 5.41 Å². The molecular weight excluding hydrogens is 198 g/mol. The monoisotopic (exact) mass is 213 g/mol. The minimum Gasteiger partial charge on any atom is -0.489 e. The second kappa shape index (κ2) is 6.40. The highest BCUT2D eigenvalue weighted by molar-refractivity contribution is 5.76. The number of benzene rings is 1. The highest BCUT2D eigenvalue weighted by atomic mass is 16.5. The van der Waals surface area contributed by atoms with Crippen LogP contribution in [0.4, 0.5) is 0 Å². The van der Waals surface area contributed by atoms with Gasteiger partial charge in [0.1, 0.15) is 12.4 Å². The first-order valence-corrected chi connectivity index (χ1v) is 4.96. The van der Waals surface area contributed by atoms with Crippen LogP contribution in [-0.2, 0) is 0 Å². The third-order valence-electron chi connectivity index (χ3n) is 1.94. The van der Waals surface area contributed by atoms with Crippen molar-refractivity contribution < 1.29 is 4.74 Å². The maximum atomic E-state index is 7.06. The fourth-order valence-corrected chi connectivity index (χ4v) is 1.09. The highest BCUT2D eigenvalue weighted by Crippen LogP contribution is 2.12. The summed E-state index contributed by atoms with van der Waals surface area (Å²) in [4.78, 5) is 0. The van der Waals surface area contributed by atoms with Crippen LogP contribution in [0.5, 0.6) is 5.75 Å². The van der Waals surface area contributed by atoms with Crippen LogP contribution in [0.15, 0.2) is 61.2 Å². The number of hydrogen-bond acceptors (Lipinski definition) is 2. The van der Waals surface area contributed by atoms with Gasteiger partial charge in [-0.3, -0.25) is 0 Å². The molecule has 0 unspecified atom stereocenters. The van der Waals surface area contributed by atoms with Crippen LogP contribution in [0.2, 0.25) is 0 Å². The van der Waals surface area contributed by atoms with E-state index in [1.54, 1.807) is 6.08 Å². The van der Waals surface area contributed by atoms with Crippen LogP contribution in [0.1, 0.15) is 5.56 Å². The summed E-state index contributed by atoms with van der Waals surface area (Å²) in [6.07, 6.45) is 6.68. The molecule has 0 saturated heterocycles. The summed E-state index contributed by atoms with van der Waals surface area (Å²) in [6, 6.07) is 7.35. The van der Waals surface area contributed by atoms with Crippen LogP contribution < -0.4 is 4.74 Å². The number of allylic oxidation sites excluding steroid dienone is 2. The third kappa shape index (κ3) is 3.96. The molecule has 0 heterocycles. The second-order valence-corrected chi connectivity index (χ2v) is 3.26. The summed E-state index contributed by atoms with van der Waals surface area (Å²) in [7, 11) is 0. The molecular formula is C14H15NO. The molecule has 0 bridgehead atoms. The molecule has 0 amide bonds. The van der Waals surface area contributed by atoms with Crippen molar-refractivity contribution in [2.24, 2.45) is 0 Å². The van der Waals surface area contributed by atoms with Crippen LogP contribution in [0.3, 0.4) is 0 Å². The normalized spacial score (nSPS) is 10.0. The van der Waals surface area contributed by atoms with Gasteiger partial charge >= 0.3 is 0 Å². The van der Waals surface area contributed by atoms with E-state index < -0.39 is 0 Å². The van der Waals surface area contributed by atoms with Gasteiger partial charge in [-0.2, -0.15) is 0 Å². The van der Waals surface area contributed by atoms with Gasteiger partial charge in [0.25, 0.3) is 0 Å². The van der Waals surface area contributed by atoms with Crippen molar-refractivity contribution in [3.63, 3.8) is 0 Å². The molecule has 0 saturated carbocycles. The summed E-state index contributed by atoms with van der Waals surface area (Å²) >= 11 is 0. The van der Waals surface area contributed by atoms with Gasteiger partial charge in [-0.15, -0.1) is 0 Å². The molecule has 0 aliphatic heterocycles. The zero-order chi connectivity index (χ0) is 11.8. The average molecular weight is 213 g/mol. The summed E-state index contributed by atoms with van der Waals surface area (Å²) < 4.78 is 5.50. The first kappa shape index (κ1) is 12.0. The lowest BCUT2D eigenvalue weighted by molar-refractivity contribution is 0.356. The van der Waals surface area contributed by atoms with Crippen molar-refractivity contribution in [3.8, 4) is 5.75 Å². The Kier molecular flexibility index (Phi) is 4.80. The largest absolute Gasteiger partial charge is 0.489 e. The first-order chi connectivity index (χ1) is 7.76. The molecule has 0 aromatic heterocycles. The minimum absolute atomic E-state index is 0.453. The van der Waals surface area contributed by atoms with E-state index in [0.717, 1.165) is 16.9 Å². The molecule has 2 heteroatoms. The molecule has 1 aromatic rings. The number of hydrogen-bond donors (Lipinski definition) is 1. The van der Waals surface area contributed by atoms with Gasteiger partial charge in [-0.25, -0.2) is 0 Å². The molecule has 82 valence electrons. The fourth-order valence-electron chi connectivity index (χ4n) is 1.09. The van der Waals surface area contributed by atoms with Crippen molar-refractivity contribution in [3.05, 3.63) is 66.8 Å².